The molecule has 30 heavy (non-hydrogen) atoms. The molecule has 0 fully saturated rings. The van der Waals surface area contributed by atoms with Crippen LogP contribution in [-0.2, 0) is 19.1 Å². The number of aliphatic hydroxyl groups excluding tert-OH is 2. The Morgan fingerprint density at radius 2 is 1.47 bits per heavy atom. The van der Waals surface area contributed by atoms with Crippen LogP contribution in [0.25, 0.3) is 0 Å². The van der Waals surface area contributed by atoms with Crippen LogP contribution in [0.2, 0.25) is 0 Å². The monoisotopic (exact) mass is 436 g/mol. The minimum absolute atomic E-state index is 0. The molecule has 0 unspecified atom stereocenters. The summed E-state index contributed by atoms with van der Waals surface area (Å²) < 4.78 is 9.48. The van der Waals surface area contributed by atoms with Gasteiger partial charge in [0.1, 0.15) is 12.2 Å². The predicted molar refractivity (Wildman–Crippen MR) is 106 cm³/mol. The van der Waals surface area contributed by atoms with Crippen molar-refractivity contribution in [3.8, 4) is 0 Å². The topological polar surface area (TPSA) is 116 Å². The maximum atomic E-state index is 11.9. The van der Waals surface area contributed by atoms with E-state index in [0.717, 1.165) is 19.3 Å². The number of hydrogen-bond donors (Lipinski definition) is 2. The van der Waals surface area contributed by atoms with E-state index in [1.165, 1.54) is 57.8 Å². The molecule has 0 radical (unpaired) electrons. The summed E-state index contributed by atoms with van der Waals surface area (Å²) in [7, 11) is 0. The molecule has 1 rings (SSSR count). The summed E-state index contributed by atoms with van der Waals surface area (Å²) in [6.07, 6.45) is 12.6. The quantitative estimate of drug-likeness (QED) is 0.185. The number of rotatable bonds is 17. The molecule has 168 valence electrons. The number of hydrogen-bond acceptors (Lipinski definition) is 7. The Morgan fingerprint density at radius 3 is 1.93 bits per heavy atom. The zero-order chi connectivity index (χ0) is 21.5. The molecule has 0 aliphatic carbocycles. The van der Waals surface area contributed by atoms with Crippen molar-refractivity contribution in [3.05, 3.63) is 11.5 Å². The van der Waals surface area contributed by atoms with Crippen molar-refractivity contribution in [3.63, 3.8) is 0 Å². The standard InChI is InChI=1S/C22H38O7.Na/c1-2-3-4-5-6-7-8-9-10-11-12-13-14-15-18(25)28-21-19(26)20(17(24)16-23)29-22(21)27;/h17,20,23-24,26H,2-16H2,1H3;/q;+1/p-1/t17-,20+;/m0./s1. The van der Waals surface area contributed by atoms with Crippen LogP contribution in [0.15, 0.2) is 11.5 Å². The average Bonchev–Trinajstić information content (AvgIpc) is 2.99. The summed E-state index contributed by atoms with van der Waals surface area (Å²) in [5, 5.41) is 30.2. The molecule has 0 aromatic rings. The molecule has 8 heteroatoms. The van der Waals surface area contributed by atoms with E-state index in [0.29, 0.717) is 6.42 Å². The van der Waals surface area contributed by atoms with Crippen molar-refractivity contribution >= 4 is 11.9 Å². The summed E-state index contributed by atoms with van der Waals surface area (Å²) in [5.41, 5.74) is 0. The third kappa shape index (κ3) is 11.7. The molecule has 0 aromatic carbocycles. The van der Waals surface area contributed by atoms with Gasteiger partial charge in [-0.25, -0.2) is 4.79 Å². The number of carbonyl (C=O) groups excluding carboxylic acids is 2. The Balaban J connectivity index is 0.00000841. The van der Waals surface area contributed by atoms with Crippen LogP contribution in [0.3, 0.4) is 0 Å². The summed E-state index contributed by atoms with van der Waals surface area (Å²) in [5.74, 6) is -3.35. The van der Waals surface area contributed by atoms with E-state index in [1.807, 2.05) is 0 Å². The number of cyclic esters (lactones) is 1. The van der Waals surface area contributed by atoms with Crippen molar-refractivity contribution < 1.29 is 63.9 Å². The minimum atomic E-state index is -1.52. The number of ether oxygens (including phenoxy) is 2. The zero-order valence-corrected chi connectivity index (χ0v) is 20.7. The second kappa shape index (κ2) is 18.0. The predicted octanol–water partition coefficient (Wildman–Crippen LogP) is -0.135. The molecule has 1 aliphatic rings. The van der Waals surface area contributed by atoms with Gasteiger partial charge in [0.05, 0.1) is 6.61 Å². The zero-order valence-electron chi connectivity index (χ0n) is 18.7. The van der Waals surface area contributed by atoms with Crippen molar-refractivity contribution in [1.29, 1.82) is 0 Å². The Kier molecular flexibility index (Phi) is 17.7. The van der Waals surface area contributed by atoms with Crippen LogP contribution in [-0.4, -0.2) is 41.0 Å². The largest absolute Gasteiger partial charge is 1.00 e. The van der Waals surface area contributed by atoms with Crippen molar-refractivity contribution in [1.82, 2.24) is 0 Å². The van der Waals surface area contributed by atoms with Gasteiger partial charge in [0.25, 0.3) is 0 Å². The van der Waals surface area contributed by atoms with E-state index in [9.17, 15) is 19.8 Å². The fourth-order valence-corrected chi connectivity index (χ4v) is 3.35. The van der Waals surface area contributed by atoms with Gasteiger partial charge in [-0.1, -0.05) is 84.0 Å². The van der Waals surface area contributed by atoms with Crippen LogP contribution < -0.4 is 34.7 Å². The van der Waals surface area contributed by atoms with Gasteiger partial charge in [0.15, 0.2) is 0 Å². The van der Waals surface area contributed by atoms with Gasteiger partial charge in [-0.15, -0.1) is 0 Å². The third-order valence-electron chi connectivity index (χ3n) is 5.14. The van der Waals surface area contributed by atoms with Crippen molar-refractivity contribution in [2.45, 2.75) is 109 Å². The van der Waals surface area contributed by atoms with Crippen molar-refractivity contribution in [2.75, 3.05) is 6.61 Å². The van der Waals surface area contributed by atoms with Gasteiger partial charge in [0, 0.05) is 6.42 Å². The first-order valence-corrected chi connectivity index (χ1v) is 11.1. The molecule has 7 nitrogen and oxygen atoms in total. The van der Waals surface area contributed by atoms with Gasteiger partial charge in [-0.3, -0.25) is 4.79 Å². The average molecular weight is 437 g/mol. The molecule has 1 aliphatic heterocycles. The van der Waals surface area contributed by atoms with E-state index in [1.54, 1.807) is 0 Å². The van der Waals surface area contributed by atoms with Gasteiger partial charge in [-0.05, 0) is 12.2 Å². The van der Waals surface area contributed by atoms with Gasteiger partial charge in [0.2, 0.25) is 5.76 Å². The van der Waals surface area contributed by atoms with Crippen LogP contribution in [0.1, 0.15) is 96.8 Å². The number of carbonyl (C=O) groups is 2. The Bertz CT molecular complexity index is 522. The van der Waals surface area contributed by atoms with Crippen LogP contribution in [0, 0.1) is 0 Å². The van der Waals surface area contributed by atoms with Crippen LogP contribution in [0.5, 0.6) is 0 Å². The molecule has 0 saturated heterocycles. The normalized spacial score (nSPS) is 16.9. The molecule has 2 N–H and O–H groups in total. The molecule has 0 amide bonds. The Morgan fingerprint density at radius 1 is 1.00 bits per heavy atom. The molecule has 2 atom stereocenters. The molecule has 0 saturated carbocycles. The summed E-state index contributed by atoms with van der Waals surface area (Å²) in [4.78, 5) is 23.4. The van der Waals surface area contributed by atoms with E-state index < -0.39 is 42.3 Å². The fourth-order valence-electron chi connectivity index (χ4n) is 3.35. The van der Waals surface area contributed by atoms with E-state index in [4.69, 9.17) is 9.84 Å². The number of unbranched alkanes of at least 4 members (excludes halogenated alkanes) is 12. The first-order valence-electron chi connectivity index (χ1n) is 11.1. The van der Waals surface area contributed by atoms with E-state index in [-0.39, 0.29) is 36.0 Å². The summed E-state index contributed by atoms with van der Waals surface area (Å²) in [6.45, 7) is 1.50. The molecular weight excluding hydrogens is 399 g/mol. The van der Waals surface area contributed by atoms with E-state index in [2.05, 4.69) is 11.7 Å². The van der Waals surface area contributed by atoms with Crippen LogP contribution >= 0.6 is 0 Å². The Labute approximate surface area is 202 Å². The second-order valence-corrected chi connectivity index (χ2v) is 7.74. The van der Waals surface area contributed by atoms with Gasteiger partial charge >= 0.3 is 41.5 Å². The first-order chi connectivity index (χ1) is 14.0. The molecular formula is C22H37NaO7. The summed E-state index contributed by atoms with van der Waals surface area (Å²) in [6, 6.07) is 0. The fraction of sp³-hybridized carbons (Fsp3) is 0.818. The Hall–Kier alpha value is -0.600. The van der Waals surface area contributed by atoms with E-state index >= 15 is 0 Å². The van der Waals surface area contributed by atoms with Crippen molar-refractivity contribution in [2.24, 2.45) is 0 Å². The first kappa shape index (κ1) is 29.4. The SMILES string of the molecule is CCCCCCCCCCCCCCCC(=O)OC1=C([O-])[C@@H]([C@@H](O)CO)OC1=O.[Na+]. The third-order valence-corrected chi connectivity index (χ3v) is 5.14. The van der Waals surface area contributed by atoms with Crippen LogP contribution in [0.4, 0.5) is 0 Å². The number of esters is 2. The molecule has 0 spiro atoms. The minimum Gasteiger partial charge on any atom is -0.870 e. The number of aliphatic hydroxyl groups is 2. The second-order valence-electron chi connectivity index (χ2n) is 7.74. The maximum absolute atomic E-state index is 11.9. The van der Waals surface area contributed by atoms with Gasteiger partial charge in [-0.2, -0.15) is 0 Å². The molecule has 0 bridgehead atoms. The maximum Gasteiger partial charge on any atom is 1.00 e. The molecule has 0 aromatic heterocycles. The summed E-state index contributed by atoms with van der Waals surface area (Å²) >= 11 is 0. The van der Waals surface area contributed by atoms with Gasteiger partial charge < -0.3 is 24.8 Å². The molecule has 1 heterocycles. The smallest absolute Gasteiger partial charge is 0.870 e.